The SMILES string of the molecule is O=C(NCC1CCC1)c1ccc2c(c1)OCO2. The standard InChI is InChI=1S/C13H15NO3/c15-13(14-7-9-2-1-3-9)10-4-5-11-12(6-10)17-8-16-11/h4-6,9H,1-3,7-8H2,(H,14,15). The van der Waals surface area contributed by atoms with Crippen LogP contribution in [-0.2, 0) is 0 Å². The Morgan fingerprint density at radius 2 is 2.12 bits per heavy atom. The van der Waals surface area contributed by atoms with E-state index in [1.807, 2.05) is 0 Å². The van der Waals surface area contributed by atoms with E-state index in [-0.39, 0.29) is 12.7 Å². The third kappa shape index (κ3) is 2.07. The van der Waals surface area contributed by atoms with E-state index in [0.29, 0.717) is 23.0 Å². The quantitative estimate of drug-likeness (QED) is 0.868. The van der Waals surface area contributed by atoms with Gasteiger partial charge in [0.15, 0.2) is 11.5 Å². The number of hydrogen-bond donors (Lipinski definition) is 1. The molecule has 17 heavy (non-hydrogen) atoms. The zero-order valence-corrected chi connectivity index (χ0v) is 9.57. The Labute approximate surface area is 99.9 Å². The van der Waals surface area contributed by atoms with E-state index in [4.69, 9.17) is 9.47 Å². The molecule has 1 aliphatic heterocycles. The molecule has 1 saturated carbocycles. The highest BCUT2D eigenvalue weighted by Crippen LogP contribution is 2.32. The molecule has 0 atom stereocenters. The Kier molecular flexibility index (Phi) is 2.63. The van der Waals surface area contributed by atoms with E-state index in [1.54, 1.807) is 18.2 Å². The molecule has 0 radical (unpaired) electrons. The highest BCUT2D eigenvalue weighted by Gasteiger charge is 2.19. The first kappa shape index (κ1) is 10.4. The summed E-state index contributed by atoms with van der Waals surface area (Å²) in [7, 11) is 0. The smallest absolute Gasteiger partial charge is 0.251 e. The van der Waals surface area contributed by atoms with Crippen LogP contribution in [0, 0.1) is 5.92 Å². The molecule has 1 heterocycles. The third-order valence-electron chi connectivity index (χ3n) is 3.41. The Bertz CT molecular complexity index is 440. The molecule has 1 aliphatic carbocycles. The van der Waals surface area contributed by atoms with Gasteiger partial charge in [0.1, 0.15) is 0 Å². The summed E-state index contributed by atoms with van der Waals surface area (Å²) >= 11 is 0. The molecular formula is C13H15NO3. The highest BCUT2D eigenvalue weighted by molar-refractivity contribution is 5.94. The molecule has 0 bridgehead atoms. The van der Waals surface area contributed by atoms with Gasteiger partial charge in [0.05, 0.1) is 0 Å². The number of amides is 1. The lowest BCUT2D eigenvalue weighted by atomic mass is 9.85. The Balaban J connectivity index is 1.64. The van der Waals surface area contributed by atoms with Crippen LogP contribution in [0.15, 0.2) is 18.2 Å². The third-order valence-corrected chi connectivity index (χ3v) is 3.41. The van der Waals surface area contributed by atoms with Crippen LogP contribution in [0.5, 0.6) is 11.5 Å². The summed E-state index contributed by atoms with van der Waals surface area (Å²) in [6, 6.07) is 5.28. The van der Waals surface area contributed by atoms with Crippen molar-refractivity contribution < 1.29 is 14.3 Å². The van der Waals surface area contributed by atoms with Crippen LogP contribution in [0.3, 0.4) is 0 Å². The summed E-state index contributed by atoms with van der Waals surface area (Å²) in [6.45, 7) is 1.02. The van der Waals surface area contributed by atoms with Gasteiger partial charge in [0.25, 0.3) is 5.91 Å². The number of fused-ring (bicyclic) bond motifs is 1. The van der Waals surface area contributed by atoms with E-state index in [9.17, 15) is 4.79 Å². The minimum absolute atomic E-state index is 0.0322. The monoisotopic (exact) mass is 233 g/mol. The van der Waals surface area contributed by atoms with Gasteiger partial charge in [-0.2, -0.15) is 0 Å². The number of rotatable bonds is 3. The maximum absolute atomic E-state index is 11.9. The van der Waals surface area contributed by atoms with Crippen LogP contribution in [0.4, 0.5) is 0 Å². The molecule has 3 rings (SSSR count). The van der Waals surface area contributed by atoms with Gasteiger partial charge >= 0.3 is 0 Å². The molecule has 2 aliphatic rings. The van der Waals surface area contributed by atoms with Crippen molar-refractivity contribution in [3.05, 3.63) is 23.8 Å². The first-order valence-electron chi connectivity index (χ1n) is 6.01. The summed E-state index contributed by atoms with van der Waals surface area (Å²) in [5, 5.41) is 2.96. The molecule has 4 heteroatoms. The maximum atomic E-state index is 11.9. The highest BCUT2D eigenvalue weighted by atomic mass is 16.7. The van der Waals surface area contributed by atoms with Crippen LogP contribution in [0.1, 0.15) is 29.6 Å². The van der Waals surface area contributed by atoms with Gasteiger partial charge in [0.2, 0.25) is 6.79 Å². The Hall–Kier alpha value is -1.71. The predicted molar refractivity (Wildman–Crippen MR) is 62.2 cm³/mol. The molecule has 0 spiro atoms. The molecule has 1 aromatic rings. The molecular weight excluding hydrogens is 218 g/mol. The van der Waals surface area contributed by atoms with Crippen molar-refractivity contribution in [1.29, 1.82) is 0 Å². The lowest BCUT2D eigenvalue weighted by molar-refractivity contribution is 0.0938. The molecule has 1 N–H and O–H groups in total. The average molecular weight is 233 g/mol. The molecule has 1 amide bonds. The fourth-order valence-corrected chi connectivity index (χ4v) is 2.07. The fourth-order valence-electron chi connectivity index (χ4n) is 2.07. The first-order valence-corrected chi connectivity index (χ1v) is 6.01. The predicted octanol–water partition coefficient (Wildman–Crippen LogP) is 1.95. The van der Waals surface area contributed by atoms with E-state index in [1.165, 1.54) is 19.3 Å². The van der Waals surface area contributed by atoms with Gasteiger partial charge in [0, 0.05) is 12.1 Å². The van der Waals surface area contributed by atoms with Gasteiger partial charge in [-0.15, -0.1) is 0 Å². The van der Waals surface area contributed by atoms with Gasteiger partial charge in [-0.3, -0.25) is 4.79 Å². The van der Waals surface area contributed by atoms with Crippen molar-refractivity contribution in [2.75, 3.05) is 13.3 Å². The number of ether oxygens (including phenoxy) is 2. The molecule has 1 aromatic carbocycles. The normalized spacial score (nSPS) is 17.6. The Morgan fingerprint density at radius 3 is 2.88 bits per heavy atom. The van der Waals surface area contributed by atoms with Gasteiger partial charge in [-0.1, -0.05) is 6.42 Å². The number of carbonyl (C=O) groups is 1. The second-order valence-corrected chi connectivity index (χ2v) is 4.57. The van der Waals surface area contributed by atoms with Crippen molar-refractivity contribution in [2.45, 2.75) is 19.3 Å². The summed E-state index contributed by atoms with van der Waals surface area (Å²) in [5.41, 5.74) is 0.633. The number of benzene rings is 1. The second-order valence-electron chi connectivity index (χ2n) is 4.57. The maximum Gasteiger partial charge on any atom is 0.251 e. The van der Waals surface area contributed by atoms with Gasteiger partial charge in [-0.05, 0) is 37.0 Å². The summed E-state index contributed by atoms with van der Waals surface area (Å²) in [6.07, 6.45) is 3.77. The summed E-state index contributed by atoms with van der Waals surface area (Å²) < 4.78 is 10.4. The fraction of sp³-hybridized carbons (Fsp3) is 0.462. The topological polar surface area (TPSA) is 47.6 Å². The Morgan fingerprint density at radius 1 is 1.29 bits per heavy atom. The van der Waals surface area contributed by atoms with E-state index >= 15 is 0 Å². The second kappa shape index (κ2) is 4.28. The van der Waals surface area contributed by atoms with Crippen molar-refractivity contribution in [2.24, 2.45) is 5.92 Å². The largest absolute Gasteiger partial charge is 0.454 e. The van der Waals surface area contributed by atoms with Crippen LogP contribution < -0.4 is 14.8 Å². The van der Waals surface area contributed by atoms with E-state index < -0.39 is 0 Å². The van der Waals surface area contributed by atoms with Crippen molar-refractivity contribution >= 4 is 5.91 Å². The van der Waals surface area contributed by atoms with Crippen LogP contribution >= 0.6 is 0 Å². The van der Waals surface area contributed by atoms with Crippen molar-refractivity contribution in [3.63, 3.8) is 0 Å². The number of hydrogen-bond acceptors (Lipinski definition) is 3. The van der Waals surface area contributed by atoms with Gasteiger partial charge < -0.3 is 14.8 Å². The lowest BCUT2D eigenvalue weighted by Crippen LogP contribution is -2.32. The summed E-state index contributed by atoms with van der Waals surface area (Å²) in [5.74, 6) is 2.00. The van der Waals surface area contributed by atoms with E-state index in [2.05, 4.69) is 5.32 Å². The zero-order valence-electron chi connectivity index (χ0n) is 9.57. The van der Waals surface area contributed by atoms with Crippen LogP contribution in [0.25, 0.3) is 0 Å². The number of carbonyl (C=O) groups excluding carboxylic acids is 1. The molecule has 1 fully saturated rings. The lowest BCUT2D eigenvalue weighted by Gasteiger charge is -2.25. The summed E-state index contributed by atoms with van der Waals surface area (Å²) in [4.78, 5) is 11.9. The van der Waals surface area contributed by atoms with Crippen molar-refractivity contribution in [1.82, 2.24) is 5.32 Å². The molecule has 0 aromatic heterocycles. The van der Waals surface area contributed by atoms with E-state index in [0.717, 1.165) is 6.54 Å². The van der Waals surface area contributed by atoms with Crippen LogP contribution in [0.2, 0.25) is 0 Å². The average Bonchev–Trinajstić information content (AvgIpc) is 2.73. The first-order chi connectivity index (χ1) is 8.33. The minimum atomic E-state index is -0.0322. The molecule has 90 valence electrons. The zero-order chi connectivity index (χ0) is 11.7. The van der Waals surface area contributed by atoms with Crippen LogP contribution in [-0.4, -0.2) is 19.2 Å². The number of nitrogens with one attached hydrogen (secondary N) is 1. The molecule has 0 unspecified atom stereocenters. The molecule has 4 nitrogen and oxygen atoms in total. The molecule has 0 saturated heterocycles. The van der Waals surface area contributed by atoms with Crippen molar-refractivity contribution in [3.8, 4) is 11.5 Å². The van der Waals surface area contributed by atoms with Gasteiger partial charge in [-0.25, -0.2) is 0 Å². The minimum Gasteiger partial charge on any atom is -0.454 e.